The molecule has 4 rings (SSSR count). The number of hydrogen-bond donors (Lipinski definition) is 1. The molecule has 0 spiro atoms. The second kappa shape index (κ2) is 9.60. The van der Waals surface area contributed by atoms with E-state index >= 15 is 0 Å². The SMILES string of the molecule is CCCNC(=O)c1c2c(cn(Cc3ccccc3)c1=O)CN(C(=O)c1ccncc1)CC2. The minimum absolute atomic E-state index is 0.0872. The van der Waals surface area contributed by atoms with Crippen molar-refractivity contribution in [1.82, 2.24) is 19.8 Å². The van der Waals surface area contributed by atoms with E-state index in [0.717, 1.165) is 23.1 Å². The van der Waals surface area contributed by atoms with Crippen LogP contribution in [0.15, 0.2) is 65.8 Å². The number of pyridine rings is 2. The maximum Gasteiger partial charge on any atom is 0.264 e. The van der Waals surface area contributed by atoms with Crippen molar-refractivity contribution < 1.29 is 9.59 Å². The quantitative estimate of drug-likeness (QED) is 0.652. The summed E-state index contributed by atoms with van der Waals surface area (Å²) in [4.78, 5) is 44.9. The van der Waals surface area contributed by atoms with Gasteiger partial charge >= 0.3 is 0 Å². The smallest absolute Gasteiger partial charge is 0.264 e. The molecule has 1 N–H and O–H groups in total. The second-order valence-corrected chi connectivity index (χ2v) is 7.90. The van der Waals surface area contributed by atoms with Gasteiger partial charge < -0.3 is 14.8 Å². The number of amides is 2. The number of nitrogens with zero attached hydrogens (tertiary/aromatic N) is 3. The first-order valence-corrected chi connectivity index (χ1v) is 10.8. The summed E-state index contributed by atoms with van der Waals surface area (Å²) in [5.74, 6) is -0.430. The van der Waals surface area contributed by atoms with E-state index in [0.29, 0.717) is 38.2 Å². The molecule has 3 aromatic rings. The van der Waals surface area contributed by atoms with E-state index < -0.39 is 0 Å². The van der Waals surface area contributed by atoms with E-state index in [4.69, 9.17) is 0 Å². The summed E-state index contributed by atoms with van der Waals surface area (Å²) in [6.45, 7) is 3.63. The maximum atomic E-state index is 13.3. The van der Waals surface area contributed by atoms with Gasteiger partial charge in [0.05, 0.1) is 6.54 Å². The third-order valence-electron chi connectivity index (χ3n) is 5.64. The lowest BCUT2D eigenvalue weighted by atomic mass is 9.95. The van der Waals surface area contributed by atoms with E-state index in [9.17, 15) is 14.4 Å². The lowest BCUT2D eigenvalue weighted by Crippen LogP contribution is -2.41. The predicted octanol–water partition coefficient (Wildman–Crippen LogP) is 2.63. The molecule has 0 unspecified atom stereocenters. The number of carbonyl (C=O) groups is 2. The Balaban J connectivity index is 1.72. The van der Waals surface area contributed by atoms with Gasteiger partial charge in [-0.1, -0.05) is 37.3 Å². The molecule has 0 radical (unpaired) electrons. The molecule has 1 aromatic carbocycles. The van der Waals surface area contributed by atoms with Gasteiger partial charge in [-0.15, -0.1) is 0 Å². The molecule has 164 valence electrons. The molecule has 2 amide bonds. The number of carbonyl (C=O) groups excluding carboxylic acids is 2. The summed E-state index contributed by atoms with van der Waals surface area (Å²) in [5.41, 5.74) is 3.01. The fourth-order valence-corrected chi connectivity index (χ4v) is 4.02. The Kier molecular flexibility index (Phi) is 6.44. The first-order chi connectivity index (χ1) is 15.6. The summed E-state index contributed by atoms with van der Waals surface area (Å²) in [6.07, 6.45) is 6.24. The maximum absolute atomic E-state index is 13.3. The molecular formula is C25H26N4O3. The molecule has 2 aromatic heterocycles. The molecule has 0 bridgehead atoms. The fourth-order valence-electron chi connectivity index (χ4n) is 4.02. The topological polar surface area (TPSA) is 84.3 Å². The monoisotopic (exact) mass is 430 g/mol. The lowest BCUT2D eigenvalue weighted by molar-refractivity contribution is 0.0733. The van der Waals surface area contributed by atoms with Crippen molar-refractivity contribution >= 4 is 11.8 Å². The summed E-state index contributed by atoms with van der Waals surface area (Å²) < 4.78 is 1.58. The highest BCUT2D eigenvalue weighted by Crippen LogP contribution is 2.22. The predicted molar refractivity (Wildman–Crippen MR) is 122 cm³/mol. The highest BCUT2D eigenvalue weighted by molar-refractivity contribution is 5.96. The number of hydrogen-bond acceptors (Lipinski definition) is 4. The highest BCUT2D eigenvalue weighted by atomic mass is 16.2. The molecule has 7 heteroatoms. The highest BCUT2D eigenvalue weighted by Gasteiger charge is 2.28. The third-order valence-corrected chi connectivity index (χ3v) is 5.64. The molecule has 7 nitrogen and oxygen atoms in total. The summed E-state index contributed by atoms with van der Waals surface area (Å²) in [7, 11) is 0. The Bertz CT molecular complexity index is 1170. The van der Waals surface area contributed by atoms with Gasteiger partial charge in [-0.25, -0.2) is 0 Å². The van der Waals surface area contributed by atoms with Crippen molar-refractivity contribution in [2.45, 2.75) is 32.9 Å². The van der Waals surface area contributed by atoms with Crippen LogP contribution in [0.3, 0.4) is 0 Å². The molecule has 0 atom stereocenters. The van der Waals surface area contributed by atoms with Crippen molar-refractivity contribution in [3.8, 4) is 0 Å². The molecule has 1 aliphatic rings. The van der Waals surface area contributed by atoms with Crippen molar-refractivity contribution in [3.63, 3.8) is 0 Å². The largest absolute Gasteiger partial charge is 0.352 e. The van der Waals surface area contributed by atoms with Gasteiger partial charge in [0.1, 0.15) is 5.56 Å². The van der Waals surface area contributed by atoms with Crippen LogP contribution >= 0.6 is 0 Å². The summed E-state index contributed by atoms with van der Waals surface area (Å²) >= 11 is 0. The summed E-state index contributed by atoms with van der Waals surface area (Å²) in [6, 6.07) is 13.0. The third kappa shape index (κ3) is 4.46. The lowest BCUT2D eigenvalue weighted by Gasteiger charge is -2.30. The Morgan fingerprint density at radius 3 is 2.56 bits per heavy atom. The van der Waals surface area contributed by atoms with Gasteiger partial charge in [-0.3, -0.25) is 19.4 Å². The van der Waals surface area contributed by atoms with Crippen LogP contribution in [0.2, 0.25) is 0 Å². The molecule has 3 heterocycles. The zero-order chi connectivity index (χ0) is 22.5. The van der Waals surface area contributed by atoms with Crippen LogP contribution in [-0.4, -0.2) is 39.4 Å². The number of aromatic nitrogens is 2. The average molecular weight is 431 g/mol. The van der Waals surface area contributed by atoms with Crippen molar-refractivity contribution in [2.24, 2.45) is 0 Å². The van der Waals surface area contributed by atoms with Crippen LogP contribution in [0.5, 0.6) is 0 Å². The molecule has 1 aliphatic heterocycles. The zero-order valence-corrected chi connectivity index (χ0v) is 18.1. The first kappa shape index (κ1) is 21.5. The minimum atomic E-state index is -0.343. The van der Waals surface area contributed by atoms with Crippen molar-refractivity contribution in [3.05, 3.63) is 99.2 Å². The van der Waals surface area contributed by atoms with Crippen LogP contribution in [0.4, 0.5) is 0 Å². The van der Waals surface area contributed by atoms with Gasteiger partial charge in [0.15, 0.2) is 0 Å². The van der Waals surface area contributed by atoms with Crippen LogP contribution in [-0.2, 0) is 19.5 Å². The average Bonchev–Trinajstić information content (AvgIpc) is 2.83. The normalized spacial score (nSPS) is 12.8. The first-order valence-electron chi connectivity index (χ1n) is 10.8. The van der Waals surface area contributed by atoms with E-state index in [1.807, 2.05) is 37.3 Å². The molecule has 0 fully saturated rings. The van der Waals surface area contributed by atoms with Gasteiger partial charge in [0.2, 0.25) is 0 Å². The van der Waals surface area contributed by atoms with Gasteiger partial charge in [0, 0.05) is 43.8 Å². The van der Waals surface area contributed by atoms with Crippen LogP contribution in [0.25, 0.3) is 0 Å². The molecule has 0 saturated carbocycles. The Labute approximate surface area is 186 Å². The standard InChI is InChI=1S/C25H26N4O3/c1-2-11-27-23(30)22-21-10-14-28(24(31)19-8-12-26-13-9-19)16-20(21)17-29(25(22)32)15-18-6-4-3-5-7-18/h3-9,12-13,17H,2,10-11,14-16H2,1H3,(H,27,30). The van der Waals surface area contributed by atoms with E-state index in [2.05, 4.69) is 10.3 Å². The molecule has 0 aliphatic carbocycles. The van der Waals surface area contributed by atoms with Crippen molar-refractivity contribution in [2.75, 3.05) is 13.1 Å². The van der Waals surface area contributed by atoms with Gasteiger partial charge in [-0.05, 0) is 41.7 Å². The number of fused-ring (bicyclic) bond motifs is 1. The van der Waals surface area contributed by atoms with Crippen LogP contribution in [0, 0.1) is 0 Å². The number of rotatable bonds is 6. The van der Waals surface area contributed by atoms with Crippen LogP contribution in [0.1, 0.15) is 50.8 Å². The molecular weight excluding hydrogens is 404 g/mol. The Morgan fingerprint density at radius 1 is 1.09 bits per heavy atom. The molecule has 32 heavy (non-hydrogen) atoms. The molecule has 0 saturated heterocycles. The second-order valence-electron chi connectivity index (χ2n) is 7.90. The van der Waals surface area contributed by atoms with Crippen molar-refractivity contribution in [1.29, 1.82) is 0 Å². The minimum Gasteiger partial charge on any atom is -0.352 e. The van der Waals surface area contributed by atoms with Gasteiger partial charge in [-0.2, -0.15) is 0 Å². The summed E-state index contributed by atoms with van der Waals surface area (Å²) in [5, 5.41) is 2.85. The van der Waals surface area contributed by atoms with E-state index in [1.165, 1.54) is 0 Å². The van der Waals surface area contributed by atoms with E-state index in [-0.39, 0.29) is 22.9 Å². The van der Waals surface area contributed by atoms with Gasteiger partial charge in [0.25, 0.3) is 17.4 Å². The Morgan fingerprint density at radius 2 is 1.84 bits per heavy atom. The zero-order valence-electron chi connectivity index (χ0n) is 18.1. The number of nitrogens with one attached hydrogen (secondary N) is 1. The Hall–Kier alpha value is -3.74. The number of benzene rings is 1. The fraction of sp³-hybridized carbons (Fsp3) is 0.280. The van der Waals surface area contributed by atoms with E-state index in [1.54, 1.807) is 40.2 Å². The van der Waals surface area contributed by atoms with Crippen LogP contribution < -0.4 is 10.9 Å².